The predicted octanol–water partition coefficient (Wildman–Crippen LogP) is 2.69. The molecule has 0 aliphatic rings. The number of carbonyl (C=O) groups excluding carboxylic acids is 1. The molecule has 0 aliphatic heterocycles. The lowest BCUT2D eigenvalue weighted by molar-refractivity contribution is 0.102. The van der Waals surface area contributed by atoms with Crippen LogP contribution in [0.2, 0.25) is 0 Å². The van der Waals surface area contributed by atoms with Crippen LogP contribution < -0.4 is 4.74 Å². The highest BCUT2D eigenvalue weighted by atomic mass is 79.9. The van der Waals surface area contributed by atoms with Gasteiger partial charge in [0.2, 0.25) is 11.7 Å². The number of carbonyl (C=O) groups is 1. The van der Waals surface area contributed by atoms with Crippen molar-refractivity contribution in [3.63, 3.8) is 0 Å². The minimum absolute atomic E-state index is 0.150. The zero-order chi connectivity index (χ0) is 13.8. The Hall–Kier alpha value is -1.69. The summed E-state index contributed by atoms with van der Waals surface area (Å²) in [7, 11) is 1.50. The number of aryl methyl sites for hydroxylation is 1. The monoisotopic (exact) mass is 323 g/mol. The van der Waals surface area contributed by atoms with E-state index in [9.17, 15) is 4.79 Å². The van der Waals surface area contributed by atoms with E-state index >= 15 is 0 Å². The Morgan fingerprint density at radius 1 is 1.53 bits per heavy atom. The maximum absolute atomic E-state index is 12.6. The van der Waals surface area contributed by atoms with E-state index in [2.05, 4.69) is 26.0 Å². The second-order valence-electron chi connectivity index (χ2n) is 3.95. The Kier molecular flexibility index (Phi) is 4.31. The highest BCUT2D eigenvalue weighted by Gasteiger charge is 2.22. The van der Waals surface area contributed by atoms with Crippen molar-refractivity contribution in [2.45, 2.75) is 19.9 Å². The third kappa shape index (κ3) is 2.68. The number of halogens is 1. The molecule has 0 fully saturated rings. The molecule has 100 valence electrons. The first-order valence-electron chi connectivity index (χ1n) is 5.94. The first-order valence-corrected chi connectivity index (χ1v) is 6.73. The van der Waals surface area contributed by atoms with Crippen LogP contribution in [-0.2, 0) is 6.54 Å². The minimum Gasteiger partial charge on any atom is -0.480 e. The van der Waals surface area contributed by atoms with Gasteiger partial charge in [-0.25, -0.2) is 4.98 Å². The molecule has 0 saturated carbocycles. The number of hydrogen-bond acceptors (Lipinski definition) is 4. The van der Waals surface area contributed by atoms with E-state index in [0.717, 1.165) is 6.42 Å². The van der Waals surface area contributed by atoms with Crippen LogP contribution in [0.5, 0.6) is 5.88 Å². The van der Waals surface area contributed by atoms with Crippen LogP contribution in [0.3, 0.4) is 0 Å². The summed E-state index contributed by atoms with van der Waals surface area (Å²) in [5.41, 5.74) is 0.955. The number of aromatic nitrogens is 3. The molecule has 0 aliphatic carbocycles. The van der Waals surface area contributed by atoms with Crippen molar-refractivity contribution in [1.82, 2.24) is 14.8 Å². The average Bonchev–Trinajstić information content (AvgIpc) is 2.79. The number of ether oxygens (including phenoxy) is 1. The van der Waals surface area contributed by atoms with Gasteiger partial charge in [0.05, 0.1) is 23.3 Å². The van der Waals surface area contributed by atoms with Gasteiger partial charge in [-0.3, -0.25) is 9.48 Å². The van der Waals surface area contributed by atoms with Crippen molar-refractivity contribution in [2.75, 3.05) is 7.11 Å². The molecule has 6 heteroatoms. The van der Waals surface area contributed by atoms with Gasteiger partial charge in [0, 0.05) is 12.7 Å². The molecular weight excluding hydrogens is 310 g/mol. The lowest BCUT2D eigenvalue weighted by Gasteiger charge is -2.08. The summed E-state index contributed by atoms with van der Waals surface area (Å²) in [6.45, 7) is 2.73. The fraction of sp³-hybridized carbons (Fsp3) is 0.308. The largest absolute Gasteiger partial charge is 0.480 e. The minimum atomic E-state index is -0.150. The van der Waals surface area contributed by atoms with Crippen LogP contribution in [-0.4, -0.2) is 27.7 Å². The molecule has 0 atom stereocenters. The number of hydrogen-bond donors (Lipinski definition) is 0. The van der Waals surface area contributed by atoms with Crippen LogP contribution in [0.15, 0.2) is 29.0 Å². The Morgan fingerprint density at radius 2 is 2.32 bits per heavy atom. The number of nitrogens with zero attached hydrogens (tertiary/aromatic N) is 3. The molecule has 2 heterocycles. The highest BCUT2D eigenvalue weighted by Crippen LogP contribution is 2.24. The second kappa shape index (κ2) is 5.97. The molecule has 0 bridgehead atoms. The van der Waals surface area contributed by atoms with Gasteiger partial charge in [-0.15, -0.1) is 0 Å². The van der Waals surface area contributed by atoms with E-state index < -0.39 is 0 Å². The molecule has 2 aromatic rings. The molecule has 5 nitrogen and oxygen atoms in total. The number of rotatable bonds is 5. The second-order valence-corrected chi connectivity index (χ2v) is 4.81. The average molecular weight is 324 g/mol. The van der Waals surface area contributed by atoms with Gasteiger partial charge < -0.3 is 4.74 Å². The van der Waals surface area contributed by atoms with E-state index in [1.54, 1.807) is 29.2 Å². The molecular formula is C13H14BrN3O2. The summed E-state index contributed by atoms with van der Waals surface area (Å²) in [6, 6.07) is 3.41. The molecule has 0 aromatic carbocycles. The van der Waals surface area contributed by atoms with Crippen LogP contribution in [0, 0.1) is 0 Å². The lowest BCUT2D eigenvalue weighted by atomic mass is 10.1. The van der Waals surface area contributed by atoms with Gasteiger partial charge in [-0.05, 0) is 34.5 Å². The smallest absolute Gasteiger partial charge is 0.224 e. The maximum Gasteiger partial charge on any atom is 0.224 e. The van der Waals surface area contributed by atoms with E-state index in [1.807, 2.05) is 6.92 Å². The summed E-state index contributed by atoms with van der Waals surface area (Å²) < 4.78 is 7.50. The van der Waals surface area contributed by atoms with E-state index in [4.69, 9.17) is 4.74 Å². The Labute approximate surface area is 119 Å². The van der Waals surface area contributed by atoms with Gasteiger partial charge in [0.15, 0.2) is 0 Å². The Bertz CT molecular complexity index is 595. The van der Waals surface area contributed by atoms with Gasteiger partial charge in [-0.2, -0.15) is 5.10 Å². The topological polar surface area (TPSA) is 57.0 Å². The Balaban J connectivity index is 2.47. The van der Waals surface area contributed by atoms with Crippen molar-refractivity contribution in [3.05, 3.63) is 40.3 Å². The maximum atomic E-state index is 12.6. The lowest BCUT2D eigenvalue weighted by Crippen LogP contribution is -2.13. The van der Waals surface area contributed by atoms with E-state index in [-0.39, 0.29) is 5.78 Å². The van der Waals surface area contributed by atoms with E-state index in [0.29, 0.717) is 28.2 Å². The normalized spacial score (nSPS) is 10.5. The summed E-state index contributed by atoms with van der Waals surface area (Å²) in [5.74, 6) is 0.173. The zero-order valence-corrected chi connectivity index (χ0v) is 12.3. The SMILES string of the molecule is CCCn1ncc(Br)c1C(=O)c1cccnc1OC. The van der Waals surface area contributed by atoms with Gasteiger partial charge >= 0.3 is 0 Å². The summed E-state index contributed by atoms with van der Waals surface area (Å²) in [4.78, 5) is 16.6. The van der Waals surface area contributed by atoms with Gasteiger partial charge in [0.1, 0.15) is 5.69 Å². The number of ketones is 1. The van der Waals surface area contributed by atoms with Crippen LogP contribution in [0.25, 0.3) is 0 Å². The first-order chi connectivity index (χ1) is 9.19. The quantitative estimate of drug-likeness (QED) is 0.794. The third-order valence-electron chi connectivity index (χ3n) is 2.65. The molecule has 0 spiro atoms. The fourth-order valence-electron chi connectivity index (χ4n) is 1.82. The molecule has 0 unspecified atom stereocenters. The number of pyridine rings is 1. The van der Waals surface area contributed by atoms with Gasteiger partial charge in [0.25, 0.3) is 0 Å². The van der Waals surface area contributed by atoms with Crippen molar-refractivity contribution in [1.29, 1.82) is 0 Å². The van der Waals surface area contributed by atoms with Gasteiger partial charge in [-0.1, -0.05) is 6.92 Å². The molecule has 0 amide bonds. The van der Waals surface area contributed by atoms with Crippen molar-refractivity contribution in [2.24, 2.45) is 0 Å². The molecule has 0 saturated heterocycles. The molecule has 19 heavy (non-hydrogen) atoms. The molecule has 0 radical (unpaired) electrons. The van der Waals surface area contributed by atoms with Crippen LogP contribution in [0.4, 0.5) is 0 Å². The summed E-state index contributed by atoms with van der Waals surface area (Å²) in [5, 5.41) is 4.20. The van der Waals surface area contributed by atoms with Crippen LogP contribution >= 0.6 is 15.9 Å². The van der Waals surface area contributed by atoms with Crippen molar-refractivity contribution < 1.29 is 9.53 Å². The third-order valence-corrected chi connectivity index (χ3v) is 3.23. The van der Waals surface area contributed by atoms with E-state index in [1.165, 1.54) is 7.11 Å². The molecule has 0 N–H and O–H groups in total. The summed E-state index contributed by atoms with van der Waals surface area (Å²) >= 11 is 3.37. The summed E-state index contributed by atoms with van der Waals surface area (Å²) in [6.07, 6.45) is 4.12. The highest BCUT2D eigenvalue weighted by molar-refractivity contribution is 9.10. The van der Waals surface area contributed by atoms with Crippen molar-refractivity contribution >= 4 is 21.7 Å². The zero-order valence-electron chi connectivity index (χ0n) is 10.8. The van der Waals surface area contributed by atoms with Crippen molar-refractivity contribution in [3.8, 4) is 5.88 Å². The fourth-order valence-corrected chi connectivity index (χ4v) is 2.30. The number of methoxy groups -OCH3 is 1. The molecule has 2 aromatic heterocycles. The molecule has 2 rings (SSSR count). The Morgan fingerprint density at radius 3 is 3.00 bits per heavy atom. The predicted molar refractivity (Wildman–Crippen MR) is 74.4 cm³/mol. The standard InChI is InChI=1S/C13H14BrN3O2/c1-3-7-17-11(10(14)8-16-17)12(18)9-5-4-6-15-13(9)19-2/h4-6,8H,3,7H2,1-2H3. The first kappa shape index (κ1) is 13.7. The van der Waals surface area contributed by atoms with Crippen LogP contribution in [0.1, 0.15) is 29.4 Å².